The van der Waals surface area contributed by atoms with E-state index in [1.54, 1.807) is 0 Å². The van der Waals surface area contributed by atoms with Crippen LogP contribution in [0.3, 0.4) is 0 Å². The summed E-state index contributed by atoms with van der Waals surface area (Å²) < 4.78 is 42.0. The lowest BCUT2D eigenvalue weighted by molar-refractivity contribution is -0.188. The smallest absolute Gasteiger partial charge is 0.390 e. The number of aliphatic hydroxyl groups is 1. The van der Waals surface area contributed by atoms with E-state index in [1.165, 1.54) is 6.20 Å². The van der Waals surface area contributed by atoms with Gasteiger partial charge in [-0.05, 0) is 70.1 Å². The number of alkyl halides is 3. The summed E-state index contributed by atoms with van der Waals surface area (Å²) in [5, 5.41) is 10.4. The number of ether oxygens (including phenoxy) is 1. The Balaban J connectivity index is 1.60. The van der Waals surface area contributed by atoms with Gasteiger partial charge in [0.15, 0.2) is 0 Å². The molecule has 0 unspecified atom stereocenters. The van der Waals surface area contributed by atoms with Crippen LogP contribution in [0.2, 0.25) is 0 Å². The Morgan fingerprint density at radius 2 is 1.94 bits per heavy atom. The Labute approximate surface area is 180 Å². The van der Waals surface area contributed by atoms with E-state index < -0.39 is 24.3 Å². The number of primary amides is 1. The Morgan fingerprint density at radius 1 is 1.23 bits per heavy atom. The molecule has 1 heterocycles. The van der Waals surface area contributed by atoms with Crippen LogP contribution in [0.25, 0.3) is 0 Å². The molecule has 0 saturated heterocycles. The van der Waals surface area contributed by atoms with E-state index >= 15 is 0 Å². The summed E-state index contributed by atoms with van der Waals surface area (Å²) in [4.78, 5) is 20.8. The van der Waals surface area contributed by atoms with Crippen molar-refractivity contribution in [3.8, 4) is 0 Å². The highest BCUT2D eigenvalue weighted by Crippen LogP contribution is 2.34. The summed E-state index contributed by atoms with van der Waals surface area (Å²) in [6.45, 7) is 0.645. The van der Waals surface area contributed by atoms with Crippen molar-refractivity contribution in [3.05, 3.63) is 23.3 Å². The highest BCUT2D eigenvalue weighted by atomic mass is 19.4. The number of hydrogen-bond donors (Lipinski definition) is 2. The molecule has 2 aliphatic carbocycles. The van der Waals surface area contributed by atoms with Gasteiger partial charge in [-0.15, -0.1) is 0 Å². The predicted molar refractivity (Wildman–Crippen MR) is 108 cm³/mol. The Morgan fingerprint density at radius 3 is 2.55 bits per heavy atom. The fraction of sp³-hybridized carbons (Fsp3) is 0.773. The van der Waals surface area contributed by atoms with Gasteiger partial charge in [-0.1, -0.05) is 6.42 Å². The number of amides is 1. The maximum Gasteiger partial charge on any atom is 0.411 e. The van der Waals surface area contributed by atoms with E-state index in [4.69, 9.17) is 10.5 Å². The molecule has 3 rings (SSSR count). The number of hydrogen-bond acceptors (Lipinski definition) is 5. The topological polar surface area (TPSA) is 98.3 Å². The molecule has 0 spiro atoms. The van der Waals surface area contributed by atoms with E-state index in [2.05, 4.69) is 9.97 Å². The Kier molecular flexibility index (Phi) is 7.57. The van der Waals surface area contributed by atoms with Crippen molar-refractivity contribution >= 4 is 5.91 Å². The van der Waals surface area contributed by atoms with Gasteiger partial charge in [-0.3, -0.25) is 4.79 Å². The van der Waals surface area contributed by atoms with Crippen LogP contribution >= 0.6 is 0 Å². The van der Waals surface area contributed by atoms with Crippen molar-refractivity contribution in [1.29, 1.82) is 0 Å². The molecule has 2 saturated carbocycles. The largest absolute Gasteiger partial charge is 0.411 e. The quantitative estimate of drug-likeness (QED) is 0.669. The van der Waals surface area contributed by atoms with Gasteiger partial charge in [-0.2, -0.15) is 13.2 Å². The molecule has 1 aromatic heterocycles. The number of aromatic nitrogens is 2. The lowest BCUT2D eigenvalue weighted by Gasteiger charge is -2.34. The number of nitrogens with zero attached hydrogens (tertiary/aromatic N) is 2. The van der Waals surface area contributed by atoms with Crippen molar-refractivity contribution in [2.75, 3.05) is 6.61 Å². The van der Waals surface area contributed by atoms with E-state index in [0.717, 1.165) is 32.1 Å². The van der Waals surface area contributed by atoms with Gasteiger partial charge in [0, 0.05) is 12.6 Å². The first-order chi connectivity index (χ1) is 14.5. The van der Waals surface area contributed by atoms with E-state index in [1.807, 2.05) is 6.92 Å². The molecule has 1 amide bonds. The van der Waals surface area contributed by atoms with Crippen LogP contribution in [-0.4, -0.2) is 45.5 Å². The first-order valence-corrected chi connectivity index (χ1v) is 11.1. The zero-order chi connectivity index (χ0) is 22.6. The average Bonchev–Trinajstić information content (AvgIpc) is 2.66. The van der Waals surface area contributed by atoms with Crippen LogP contribution in [-0.2, 0) is 17.6 Å². The number of carbonyl (C=O) groups is 1. The van der Waals surface area contributed by atoms with Gasteiger partial charge in [0.1, 0.15) is 12.4 Å². The molecule has 0 bridgehead atoms. The third-order valence-electron chi connectivity index (χ3n) is 6.47. The second kappa shape index (κ2) is 9.81. The number of carbonyl (C=O) groups excluding carboxylic acids is 1. The average molecular weight is 444 g/mol. The van der Waals surface area contributed by atoms with Crippen LogP contribution < -0.4 is 5.73 Å². The van der Waals surface area contributed by atoms with Gasteiger partial charge in [0.25, 0.3) is 5.91 Å². The van der Waals surface area contributed by atoms with Crippen LogP contribution in [0.4, 0.5) is 13.2 Å². The van der Waals surface area contributed by atoms with E-state index in [-0.39, 0.29) is 17.9 Å². The van der Waals surface area contributed by atoms with Crippen molar-refractivity contribution < 1.29 is 27.8 Å². The second-order valence-electron chi connectivity index (χ2n) is 9.45. The Bertz CT molecular complexity index is 762. The molecule has 0 aliphatic heterocycles. The number of rotatable bonds is 7. The fourth-order valence-electron chi connectivity index (χ4n) is 4.94. The monoisotopic (exact) mass is 443 g/mol. The lowest BCUT2D eigenvalue weighted by Crippen LogP contribution is -2.33. The molecule has 2 fully saturated rings. The zero-order valence-electron chi connectivity index (χ0n) is 18.0. The molecule has 0 aromatic carbocycles. The van der Waals surface area contributed by atoms with Gasteiger partial charge >= 0.3 is 6.18 Å². The van der Waals surface area contributed by atoms with Gasteiger partial charge in [-0.25, -0.2) is 9.97 Å². The fourth-order valence-corrected chi connectivity index (χ4v) is 4.94. The minimum absolute atomic E-state index is 0.228. The Hall–Kier alpha value is -1.74. The SMILES string of the molecule is C[C@]1(O)CCC[C@@H](Cc2nc(CC3CCC(OCC(F)(F)F)CC3)ncc2C(N)=O)C1. The van der Waals surface area contributed by atoms with Crippen molar-refractivity contribution in [1.82, 2.24) is 9.97 Å². The van der Waals surface area contributed by atoms with E-state index in [9.17, 15) is 23.1 Å². The lowest BCUT2D eigenvalue weighted by atomic mass is 9.77. The molecule has 2 atom stereocenters. The maximum atomic E-state index is 12.3. The molecular weight excluding hydrogens is 411 g/mol. The zero-order valence-corrected chi connectivity index (χ0v) is 18.0. The molecule has 1 aromatic rings. The van der Waals surface area contributed by atoms with Crippen LogP contribution in [0, 0.1) is 11.8 Å². The molecule has 2 aliphatic rings. The van der Waals surface area contributed by atoms with Crippen LogP contribution in [0.1, 0.15) is 80.2 Å². The molecular formula is C22H32F3N3O3. The summed E-state index contributed by atoms with van der Waals surface area (Å²) >= 11 is 0. The van der Waals surface area contributed by atoms with Crippen molar-refractivity contribution in [2.24, 2.45) is 17.6 Å². The summed E-state index contributed by atoms with van der Waals surface area (Å²) in [6, 6.07) is 0. The summed E-state index contributed by atoms with van der Waals surface area (Å²) in [6.07, 6.45) is 4.03. The third kappa shape index (κ3) is 7.42. The standard InChI is InChI=1S/C22H32F3N3O3/c1-21(30)8-2-3-15(11-21)9-18-17(20(26)29)12-27-19(28-18)10-14-4-6-16(7-5-14)31-13-22(23,24)25/h12,14-16,30H,2-11,13H2,1H3,(H2,26,29)/t14?,15-,16?,21-/m0/s1. The molecule has 6 nitrogen and oxygen atoms in total. The molecule has 174 valence electrons. The minimum Gasteiger partial charge on any atom is -0.390 e. The van der Waals surface area contributed by atoms with Gasteiger partial charge in [0.2, 0.25) is 0 Å². The molecule has 9 heteroatoms. The first-order valence-electron chi connectivity index (χ1n) is 11.1. The van der Waals surface area contributed by atoms with Crippen LogP contribution in [0.5, 0.6) is 0 Å². The maximum absolute atomic E-state index is 12.3. The van der Waals surface area contributed by atoms with Crippen LogP contribution in [0.15, 0.2) is 6.20 Å². The molecule has 0 radical (unpaired) electrons. The normalized spacial score (nSPS) is 29.6. The summed E-state index contributed by atoms with van der Waals surface area (Å²) in [5.74, 6) is 0.563. The number of halogens is 3. The van der Waals surface area contributed by atoms with Crippen molar-refractivity contribution in [2.45, 2.75) is 89.0 Å². The highest BCUT2D eigenvalue weighted by molar-refractivity contribution is 5.93. The minimum atomic E-state index is -4.30. The highest BCUT2D eigenvalue weighted by Gasteiger charge is 2.32. The van der Waals surface area contributed by atoms with Gasteiger partial charge in [0.05, 0.1) is 23.0 Å². The molecule has 3 N–H and O–H groups in total. The second-order valence-corrected chi connectivity index (χ2v) is 9.45. The van der Waals surface area contributed by atoms with Gasteiger partial charge < -0.3 is 15.6 Å². The van der Waals surface area contributed by atoms with E-state index in [0.29, 0.717) is 49.2 Å². The number of nitrogens with two attached hydrogens (primary N) is 1. The molecule has 31 heavy (non-hydrogen) atoms. The summed E-state index contributed by atoms with van der Waals surface area (Å²) in [5.41, 5.74) is 5.77. The summed E-state index contributed by atoms with van der Waals surface area (Å²) in [7, 11) is 0. The predicted octanol–water partition coefficient (Wildman–Crippen LogP) is 3.74. The first kappa shape index (κ1) is 23.9. The van der Waals surface area contributed by atoms with Crippen molar-refractivity contribution in [3.63, 3.8) is 0 Å². The third-order valence-corrected chi connectivity index (χ3v) is 6.47.